The van der Waals surface area contributed by atoms with Gasteiger partial charge in [0.25, 0.3) is 10.0 Å². The zero-order valence-electron chi connectivity index (χ0n) is 10.8. The number of sulfonamides is 1. The van der Waals surface area contributed by atoms with Gasteiger partial charge in [0.15, 0.2) is 5.03 Å². The maximum atomic E-state index is 12.0. The minimum Gasteiger partial charge on any atom is -0.323 e. The molecule has 2 N–H and O–H groups in total. The van der Waals surface area contributed by atoms with Gasteiger partial charge in [-0.15, -0.1) is 0 Å². The molecule has 0 spiro atoms. The molecule has 1 fully saturated rings. The highest BCUT2D eigenvalue weighted by Crippen LogP contribution is 2.11. The number of imidazole rings is 1. The van der Waals surface area contributed by atoms with Crippen LogP contribution in [0.2, 0.25) is 5.28 Å². The molecule has 0 unspecified atom stereocenters. The highest BCUT2D eigenvalue weighted by atomic mass is 35.5. The van der Waals surface area contributed by atoms with Gasteiger partial charge in [-0.3, -0.25) is 4.90 Å². The van der Waals surface area contributed by atoms with Crippen molar-refractivity contribution in [3.63, 3.8) is 0 Å². The first kappa shape index (κ1) is 14.7. The summed E-state index contributed by atoms with van der Waals surface area (Å²) < 4.78 is 27.9. The van der Waals surface area contributed by atoms with Gasteiger partial charge in [0, 0.05) is 52.5 Å². The number of hydrogen-bond acceptors (Lipinski definition) is 5. The van der Waals surface area contributed by atoms with E-state index in [0.29, 0.717) is 13.1 Å². The van der Waals surface area contributed by atoms with E-state index < -0.39 is 10.0 Å². The summed E-state index contributed by atoms with van der Waals surface area (Å²) in [5, 5.41) is 3.36. The molecule has 0 bridgehead atoms. The van der Waals surface area contributed by atoms with Crippen LogP contribution in [-0.4, -0.2) is 62.1 Å². The number of nitrogens with zero attached hydrogens (tertiary/aromatic N) is 3. The summed E-state index contributed by atoms with van der Waals surface area (Å²) in [6.07, 6.45) is 1.40. The number of piperazine rings is 1. The van der Waals surface area contributed by atoms with E-state index in [-0.39, 0.29) is 10.3 Å². The molecule has 0 radical (unpaired) electrons. The standard InChI is InChI=1S/C10H18ClN5O2S/c1-15-8-9(14-10(15)11)19(17,18)13-4-7-16-5-2-12-3-6-16/h8,12-13H,2-7H2,1H3. The fraction of sp³-hybridized carbons (Fsp3) is 0.700. The van der Waals surface area contributed by atoms with Gasteiger partial charge in [0.2, 0.25) is 5.28 Å². The Hall–Kier alpha value is -0.670. The van der Waals surface area contributed by atoms with E-state index in [0.717, 1.165) is 26.2 Å². The van der Waals surface area contributed by atoms with Crippen LogP contribution in [0.5, 0.6) is 0 Å². The lowest BCUT2D eigenvalue weighted by Gasteiger charge is -2.26. The largest absolute Gasteiger partial charge is 0.323 e. The molecule has 1 aromatic rings. The summed E-state index contributed by atoms with van der Waals surface area (Å²) in [4.78, 5) is 6.01. The van der Waals surface area contributed by atoms with Gasteiger partial charge in [0.05, 0.1) is 0 Å². The molecule has 7 nitrogen and oxygen atoms in total. The third-order valence-corrected chi connectivity index (χ3v) is 4.69. The molecule has 1 aliphatic rings. The van der Waals surface area contributed by atoms with Crippen LogP contribution in [0.15, 0.2) is 11.2 Å². The Morgan fingerprint density at radius 3 is 2.74 bits per heavy atom. The van der Waals surface area contributed by atoms with Gasteiger partial charge in [-0.25, -0.2) is 18.1 Å². The second kappa shape index (κ2) is 6.19. The highest BCUT2D eigenvalue weighted by molar-refractivity contribution is 7.89. The van der Waals surface area contributed by atoms with E-state index in [1.165, 1.54) is 10.8 Å². The Morgan fingerprint density at radius 2 is 2.16 bits per heavy atom. The second-order valence-corrected chi connectivity index (χ2v) is 6.50. The van der Waals surface area contributed by atoms with Crippen LogP contribution in [-0.2, 0) is 17.1 Å². The average Bonchev–Trinajstić information content (AvgIpc) is 2.72. The Bertz CT molecular complexity index is 505. The molecular formula is C10H18ClN5O2S. The molecule has 0 saturated carbocycles. The molecular weight excluding hydrogens is 290 g/mol. The lowest BCUT2D eigenvalue weighted by atomic mass is 10.3. The maximum absolute atomic E-state index is 12.0. The van der Waals surface area contributed by atoms with E-state index in [2.05, 4.69) is 19.9 Å². The Morgan fingerprint density at radius 1 is 1.47 bits per heavy atom. The third kappa shape index (κ3) is 3.90. The van der Waals surface area contributed by atoms with Crippen LogP contribution in [0.4, 0.5) is 0 Å². The van der Waals surface area contributed by atoms with E-state index in [4.69, 9.17) is 11.6 Å². The molecule has 1 aromatic heterocycles. The molecule has 2 heterocycles. The summed E-state index contributed by atoms with van der Waals surface area (Å²) in [6.45, 7) is 4.84. The average molecular weight is 308 g/mol. The smallest absolute Gasteiger partial charge is 0.259 e. The van der Waals surface area contributed by atoms with Gasteiger partial charge in [0.1, 0.15) is 0 Å². The van der Waals surface area contributed by atoms with Crippen molar-refractivity contribution in [2.24, 2.45) is 7.05 Å². The zero-order valence-corrected chi connectivity index (χ0v) is 12.3. The Balaban J connectivity index is 1.87. The summed E-state index contributed by atoms with van der Waals surface area (Å²) in [7, 11) is -1.92. The van der Waals surface area contributed by atoms with Crippen molar-refractivity contribution < 1.29 is 8.42 Å². The van der Waals surface area contributed by atoms with Crippen molar-refractivity contribution in [2.45, 2.75) is 5.03 Å². The summed E-state index contributed by atoms with van der Waals surface area (Å²) in [6, 6.07) is 0. The Kier molecular flexibility index (Phi) is 4.80. The first-order chi connectivity index (χ1) is 8.99. The summed E-state index contributed by atoms with van der Waals surface area (Å²) >= 11 is 5.74. The van der Waals surface area contributed by atoms with Crippen molar-refractivity contribution in [3.8, 4) is 0 Å². The summed E-state index contributed by atoms with van der Waals surface area (Å²) in [5.74, 6) is 0. The van der Waals surface area contributed by atoms with Crippen LogP contribution in [0.3, 0.4) is 0 Å². The molecule has 19 heavy (non-hydrogen) atoms. The highest BCUT2D eigenvalue weighted by Gasteiger charge is 2.19. The number of rotatable bonds is 5. The lowest BCUT2D eigenvalue weighted by molar-refractivity contribution is 0.245. The predicted molar refractivity (Wildman–Crippen MR) is 72.7 cm³/mol. The topological polar surface area (TPSA) is 79.3 Å². The van der Waals surface area contributed by atoms with Crippen LogP contribution in [0.1, 0.15) is 0 Å². The van der Waals surface area contributed by atoms with Crippen molar-refractivity contribution in [3.05, 3.63) is 11.5 Å². The minimum absolute atomic E-state index is 0.0414. The maximum Gasteiger partial charge on any atom is 0.259 e. The minimum atomic E-state index is -3.57. The number of halogens is 1. The number of aryl methyl sites for hydroxylation is 1. The SMILES string of the molecule is Cn1cc(S(=O)(=O)NCCN2CCNCC2)nc1Cl. The lowest BCUT2D eigenvalue weighted by Crippen LogP contribution is -2.46. The van der Waals surface area contributed by atoms with Crippen molar-refractivity contribution in [1.82, 2.24) is 24.5 Å². The van der Waals surface area contributed by atoms with Crippen LogP contribution >= 0.6 is 11.6 Å². The van der Waals surface area contributed by atoms with Crippen molar-refractivity contribution >= 4 is 21.6 Å². The first-order valence-electron chi connectivity index (χ1n) is 6.10. The fourth-order valence-electron chi connectivity index (χ4n) is 1.89. The number of aromatic nitrogens is 2. The van der Waals surface area contributed by atoms with Crippen molar-refractivity contribution in [1.29, 1.82) is 0 Å². The van der Waals surface area contributed by atoms with Gasteiger partial charge in [-0.1, -0.05) is 0 Å². The van der Waals surface area contributed by atoms with Crippen molar-refractivity contribution in [2.75, 3.05) is 39.3 Å². The van der Waals surface area contributed by atoms with Gasteiger partial charge >= 0.3 is 0 Å². The monoisotopic (exact) mass is 307 g/mol. The van der Waals surface area contributed by atoms with Gasteiger partial charge < -0.3 is 9.88 Å². The number of nitrogens with one attached hydrogen (secondary N) is 2. The third-order valence-electron chi connectivity index (χ3n) is 3.00. The van der Waals surface area contributed by atoms with Gasteiger partial charge in [-0.2, -0.15) is 0 Å². The van der Waals surface area contributed by atoms with Crippen LogP contribution in [0.25, 0.3) is 0 Å². The molecule has 0 aliphatic carbocycles. The molecule has 0 atom stereocenters. The van der Waals surface area contributed by atoms with E-state index in [9.17, 15) is 8.42 Å². The molecule has 0 aromatic carbocycles. The second-order valence-electron chi connectivity index (χ2n) is 4.45. The normalized spacial score (nSPS) is 17.8. The summed E-state index contributed by atoms with van der Waals surface area (Å²) in [5.41, 5.74) is 0. The molecule has 1 aliphatic heterocycles. The van der Waals surface area contributed by atoms with Gasteiger partial charge in [-0.05, 0) is 11.6 Å². The van der Waals surface area contributed by atoms with Crippen LogP contribution < -0.4 is 10.0 Å². The first-order valence-corrected chi connectivity index (χ1v) is 7.97. The molecule has 9 heteroatoms. The predicted octanol–water partition coefficient (Wildman–Crippen LogP) is -0.743. The quantitative estimate of drug-likeness (QED) is 0.749. The zero-order chi connectivity index (χ0) is 13.9. The molecule has 0 amide bonds. The number of hydrogen-bond donors (Lipinski definition) is 2. The van der Waals surface area contributed by atoms with Crippen LogP contribution in [0, 0.1) is 0 Å². The Labute approximate surface area is 118 Å². The fourth-order valence-corrected chi connectivity index (χ4v) is 3.10. The van der Waals surface area contributed by atoms with E-state index in [1.54, 1.807) is 7.05 Å². The molecule has 1 saturated heterocycles. The van der Waals surface area contributed by atoms with E-state index in [1.807, 2.05) is 0 Å². The van der Waals surface area contributed by atoms with E-state index >= 15 is 0 Å². The molecule has 2 rings (SSSR count). The molecule has 108 valence electrons.